The molecule has 6 heteroatoms. The number of rotatable bonds is 8. The Bertz CT molecular complexity index is 1030. The molecule has 0 atom stereocenters. The molecule has 160 valence electrons. The second kappa shape index (κ2) is 10.3. The highest BCUT2D eigenvalue weighted by Gasteiger charge is 2.14. The molecule has 2 N–H and O–H groups in total. The number of anilines is 2. The van der Waals surface area contributed by atoms with Gasteiger partial charge in [-0.05, 0) is 81.4 Å². The average Bonchev–Trinajstić information content (AvgIpc) is 2.75. The van der Waals surface area contributed by atoms with Crippen molar-refractivity contribution in [2.75, 3.05) is 17.2 Å². The molecule has 0 spiro atoms. The van der Waals surface area contributed by atoms with Gasteiger partial charge in [-0.25, -0.2) is 0 Å². The van der Waals surface area contributed by atoms with Crippen LogP contribution in [-0.2, 0) is 0 Å². The maximum absolute atomic E-state index is 12.7. The first-order chi connectivity index (χ1) is 15.0. The molecule has 0 fully saturated rings. The molecule has 3 rings (SSSR count). The van der Waals surface area contributed by atoms with Gasteiger partial charge in [-0.2, -0.15) is 0 Å². The van der Waals surface area contributed by atoms with Gasteiger partial charge in [-0.1, -0.05) is 12.1 Å². The summed E-state index contributed by atoms with van der Waals surface area (Å²) < 4.78 is 11.1. The number of carbonyl (C=O) groups excluding carboxylic acids is 2. The van der Waals surface area contributed by atoms with Gasteiger partial charge in [0.15, 0.2) is 0 Å². The van der Waals surface area contributed by atoms with E-state index >= 15 is 0 Å². The third-order valence-corrected chi connectivity index (χ3v) is 4.32. The Labute approximate surface area is 182 Å². The van der Waals surface area contributed by atoms with E-state index in [0.29, 0.717) is 34.9 Å². The van der Waals surface area contributed by atoms with E-state index in [9.17, 15) is 9.59 Å². The molecule has 3 aromatic carbocycles. The monoisotopic (exact) mass is 418 g/mol. The standard InChI is InChI=1S/C25H26N2O4/c1-4-30-21-15-13-20(14-16-21)26-24(28)18-9-11-19(12-10-18)27-25(29)22-7-5-6-8-23(22)31-17(2)3/h5-17H,4H2,1-3H3,(H,26,28)(H,27,29). The number of carbonyl (C=O) groups is 2. The quantitative estimate of drug-likeness (QED) is 0.515. The highest BCUT2D eigenvalue weighted by molar-refractivity contribution is 6.07. The summed E-state index contributed by atoms with van der Waals surface area (Å²) in [7, 11) is 0. The van der Waals surface area contributed by atoms with E-state index < -0.39 is 0 Å². The van der Waals surface area contributed by atoms with Crippen LogP contribution in [0.2, 0.25) is 0 Å². The van der Waals surface area contributed by atoms with Crippen LogP contribution in [0, 0.1) is 0 Å². The van der Waals surface area contributed by atoms with Gasteiger partial charge in [0.05, 0.1) is 18.3 Å². The molecule has 0 aliphatic rings. The Morgan fingerprint density at radius 1 is 0.806 bits per heavy atom. The van der Waals surface area contributed by atoms with Gasteiger partial charge in [0.1, 0.15) is 11.5 Å². The van der Waals surface area contributed by atoms with Gasteiger partial charge < -0.3 is 20.1 Å². The number of para-hydroxylation sites is 1. The maximum atomic E-state index is 12.7. The smallest absolute Gasteiger partial charge is 0.259 e. The molecular weight excluding hydrogens is 392 g/mol. The summed E-state index contributed by atoms with van der Waals surface area (Å²) in [5.74, 6) is 0.767. The van der Waals surface area contributed by atoms with Crippen molar-refractivity contribution < 1.29 is 19.1 Å². The Balaban J connectivity index is 1.63. The molecule has 0 unspecified atom stereocenters. The molecule has 0 saturated carbocycles. The van der Waals surface area contributed by atoms with E-state index in [1.807, 2.05) is 26.8 Å². The van der Waals surface area contributed by atoms with Crippen LogP contribution in [0.3, 0.4) is 0 Å². The zero-order valence-electron chi connectivity index (χ0n) is 17.8. The summed E-state index contributed by atoms with van der Waals surface area (Å²) in [6.07, 6.45) is -0.0397. The van der Waals surface area contributed by atoms with Gasteiger partial charge in [0.2, 0.25) is 0 Å². The van der Waals surface area contributed by atoms with E-state index in [1.54, 1.807) is 66.7 Å². The van der Waals surface area contributed by atoms with Crippen LogP contribution in [0.25, 0.3) is 0 Å². The predicted molar refractivity (Wildman–Crippen MR) is 122 cm³/mol. The van der Waals surface area contributed by atoms with Gasteiger partial charge in [0.25, 0.3) is 11.8 Å². The third kappa shape index (κ3) is 6.09. The van der Waals surface area contributed by atoms with Crippen LogP contribution < -0.4 is 20.1 Å². The first-order valence-electron chi connectivity index (χ1n) is 10.2. The fourth-order valence-corrected chi connectivity index (χ4v) is 2.92. The molecule has 2 amide bonds. The lowest BCUT2D eigenvalue weighted by atomic mass is 10.1. The fraction of sp³-hybridized carbons (Fsp3) is 0.200. The van der Waals surface area contributed by atoms with Gasteiger partial charge in [0, 0.05) is 16.9 Å². The number of ether oxygens (including phenoxy) is 2. The van der Waals surface area contributed by atoms with Crippen molar-refractivity contribution in [3.8, 4) is 11.5 Å². The number of benzene rings is 3. The zero-order chi connectivity index (χ0) is 22.2. The number of amides is 2. The minimum absolute atomic E-state index is 0.0397. The van der Waals surface area contributed by atoms with Crippen LogP contribution >= 0.6 is 0 Å². The van der Waals surface area contributed by atoms with Crippen LogP contribution in [0.1, 0.15) is 41.5 Å². The van der Waals surface area contributed by atoms with Crippen molar-refractivity contribution >= 4 is 23.2 Å². The van der Waals surface area contributed by atoms with E-state index in [1.165, 1.54) is 0 Å². The van der Waals surface area contributed by atoms with Crippen molar-refractivity contribution in [1.29, 1.82) is 0 Å². The lowest BCUT2D eigenvalue weighted by Crippen LogP contribution is -2.16. The summed E-state index contributed by atoms with van der Waals surface area (Å²) in [6.45, 7) is 6.32. The normalized spacial score (nSPS) is 10.5. The molecular formula is C25H26N2O4. The number of hydrogen-bond donors (Lipinski definition) is 2. The van der Waals surface area contributed by atoms with Crippen LogP contribution in [0.4, 0.5) is 11.4 Å². The summed E-state index contributed by atoms with van der Waals surface area (Å²) in [4.78, 5) is 25.2. The molecule has 0 heterocycles. The van der Waals surface area contributed by atoms with E-state index in [0.717, 1.165) is 5.75 Å². The van der Waals surface area contributed by atoms with Crippen LogP contribution in [-0.4, -0.2) is 24.5 Å². The summed E-state index contributed by atoms with van der Waals surface area (Å²) in [5, 5.41) is 5.68. The molecule has 6 nitrogen and oxygen atoms in total. The number of nitrogens with one attached hydrogen (secondary N) is 2. The van der Waals surface area contributed by atoms with Gasteiger partial charge >= 0.3 is 0 Å². The first kappa shape index (κ1) is 21.9. The van der Waals surface area contributed by atoms with Crippen molar-refractivity contribution in [2.24, 2.45) is 0 Å². The van der Waals surface area contributed by atoms with E-state index in [2.05, 4.69) is 10.6 Å². The van der Waals surface area contributed by atoms with Gasteiger partial charge in [-0.3, -0.25) is 9.59 Å². The molecule has 0 radical (unpaired) electrons. The summed E-state index contributed by atoms with van der Waals surface area (Å²) in [6, 6.07) is 21.0. The molecule has 0 aliphatic heterocycles. The SMILES string of the molecule is CCOc1ccc(NC(=O)c2ccc(NC(=O)c3ccccc3OC(C)C)cc2)cc1. The van der Waals surface area contributed by atoms with Crippen LogP contribution in [0.5, 0.6) is 11.5 Å². The minimum atomic E-state index is -0.275. The second-order valence-corrected chi connectivity index (χ2v) is 7.11. The Kier molecular flexibility index (Phi) is 7.27. The Morgan fingerprint density at radius 2 is 1.39 bits per heavy atom. The predicted octanol–water partition coefficient (Wildman–Crippen LogP) is 5.38. The highest BCUT2D eigenvalue weighted by atomic mass is 16.5. The highest BCUT2D eigenvalue weighted by Crippen LogP contribution is 2.22. The number of hydrogen-bond acceptors (Lipinski definition) is 4. The molecule has 0 bridgehead atoms. The van der Waals surface area contributed by atoms with Crippen LogP contribution in [0.15, 0.2) is 72.8 Å². The Morgan fingerprint density at radius 3 is 2.00 bits per heavy atom. The zero-order valence-corrected chi connectivity index (χ0v) is 17.8. The van der Waals surface area contributed by atoms with Crippen molar-refractivity contribution in [3.63, 3.8) is 0 Å². The maximum Gasteiger partial charge on any atom is 0.259 e. The topological polar surface area (TPSA) is 76.7 Å². The first-order valence-corrected chi connectivity index (χ1v) is 10.2. The Hall–Kier alpha value is -3.80. The van der Waals surface area contributed by atoms with E-state index in [-0.39, 0.29) is 17.9 Å². The molecule has 0 saturated heterocycles. The van der Waals surface area contributed by atoms with E-state index in [4.69, 9.17) is 9.47 Å². The van der Waals surface area contributed by atoms with Gasteiger partial charge in [-0.15, -0.1) is 0 Å². The average molecular weight is 418 g/mol. The summed E-state index contributed by atoms with van der Waals surface area (Å²) >= 11 is 0. The molecule has 3 aromatic rings. The second-order valence-electron chi connectivity index (χ2n) is 7.11. The lowest BCUT2D eigenvalue weighted by molar-refractivity contribution is 0.101. The van der Waals surface area contributed by atoms with Crippen molar-refractivity contribution in [3.05, 3.63) is 83.9 Å². The van der Waals surface area contributed by atoms with Crippen molar-refractivity contribution in [2.45, 2.75) is 26.9 Å². The third-order valence-electron chi connectivity index (χ3n) is 4.32. The molecule has 0 aromatic heterocycles. The summed E-state index contributed by atoms with van der Waals surface area (Å²) in [5.41, 5.74) is 2.19. The minimum Gasteiger partial charge on any atom is -0.494 e. The molecule has 0 aliphatic carbocycles. The van der Waals surface area contributed by atoms with Crippen molar-refractivity contribution in [1.82, 2.24) is 0 Å². The lowest BCUT2D eigenvalue weighted by Gasteiger charge is -2.14. The molecule has 31 heavy (non-hydrogen) atoms. The largest absolute Gasteiger partial charge is 0.494 e. The fourth-order valence-electron chi connectivity index (χ4n) is 2.92.